The Morgan fingerprint density at radius 1 is 1.15 bits per heavy atom. The Morgan fingerprint density at radius 2 is 2.00 bits per heavy atom. The molecule has 2 saturated heterocycles. The molecule has 1 atom stereocenters. The number of hydrogen-bond donors (Lipinski definition) is 0. The summed E-state index contributed by atoms with van der Waals surface area (Å²) >= 11 is 12.3. The van der Waals surface area contributed by atoms with Crippen LogP contribution in [0.5, 0.6) is 0 Å². The summed E-state index contributed by atoms with van der Waals surface area (Å²) < 4.78 is 0. The Morgan fingerprint density at radius 3 is 2.77 bits per heavy atom. The van der Waals surface area contributed by atoms with E-state index in [2.05, 4.69) is 14.9 Å². The molecule has 0 saturated carbocycles. The second-order valence-corrected chi connectivity index (χ2v) is 7.96. The van der Waals surface area contributed by atoms with Gasteiger partial charge in [-0.1, -0.05) is 29.3 Å². The second-order valence-electron chi connectivity index (χ2n) is 7.12. The van der Waals surface area contributed by atoms with Crippen LogP contribution in [-0.4, -0.2) is 35.5 Å². The topological polar surface area (TPSA) is 49.3 Å². The van der Waals surface area contributed by atoms with Crippen LogP contribution in [0.1, 0.15) is 24.8 Å². The summed E-state index contributed by atoms with van der Waals surface area (Å²) in [7, 11) is 0. The maximum absolute atomic E-state index is 13.3. The van der Waals surface area contributed by atoms with Crippen LogP contribution in [0.2, 0.25) is 10.0 Å². The Kier molecular flexibility index (Phi) is 4.53. The molecule has 0 unspecified atom stereocenters. The molecule has 0 aromatic carbocycles. The van der Waals surface area contributed by atoms with E-state index in [0.717, 1.165) is 37.2 Å². The number of piperidine rings is 1. The molecule has 1 amide bonds. The Hall–Kier alpha value is -1.85. The van der Waals surface area contributed by atoms with Crippen molar-refractivity contribution in [2.45, 2.75) is 26.2 Å². The van der Waals surface area contributed by atoms with Crippen molar-refractivity contribution in [1.29, 1.82) is 0 Å². The molecule has 1 spiro atoms. The van der Waals surface area contributed by atoms with Gasteiger partial charge in [0, 0.05) is 32.0 Å². The fraction of sp³-hybridized carbons (Fsp3) is 0.421. The third-order valence-electron chi connectivity index (χ3n) is 5.42. The molecule has 2 aromatic heterocycles. The van der Waals surface area contributed by atoms with E-state index in [1.807, 2.05) is 24.0 Å². The summed E-state index contributed by atoms with van der Waals surface area (Å²) in [6, 6.07) is 5.59. The van der Waals surface area contributed by atoms with Gasteiger partial charge in [-0.05, 0) is 43.9 Å². The maximum Gasteiger partial charge on any atom is 0.236 e. The van der Waals surface area contributed by atoms with Crippen LogP contribution in [0.3, 0.4) is 0 Å². The highest BCUT2D eigenvalue weighted by Crippen LogP contribution is 2.43. The third-order valence-corrected chi connectivity index (χ3v) is 5.90. The molecule has 2 fully saturated rings. The molecular weight excluding hydrogens is 371 g/mol. The number of aromatic nitrogens is 2. The van der Waals surface area contributed by atoms with Crippen LogP contribution < -0.4 is 9.80 Å². The first-order valence-corrected chi connectivity index (χ1v) is 9.55. The normalized spacial score (nSPS) is 23.1. The first-order valence-electron chi connectivity index (χ1n) is 8.80. The number of amides is 1. The number of halogens is 2. The molecule has 7 heteroatoms. The lowest BCUT2D eigenvalue weighted by molar-refractivity contribution is -0.126. The largest absolute Gasteiger partial charge is 0.354 e. The van der Waals surface area contributed by atoms with Crippen molar-refractivity contribution in [3.8, 4) is 0 Å². The van der Waals surface area contributed by atoms with Gasteiger partial charge in [-0.25, -0.2) is 9.97 Å². The predicted molar refractivity (Wildman–Crippen MR) is 104 cm³/mol. The summed E-state index contributed by atoms with van der Waals surface area (Å²) in [4.78, 5) is 26.1. The predicted octanol–water partition coefficient (Wildman–Crippen LogP) is 4.12. The van der Waals surface area contributed by atoms with Gasteiger partial charge in [-0.3, -0.25) is 9.69 Å². The summed E-state index contributed by atoms with van der Waals surface area (Å²) in [5.74, 6) is 1.64. The van der Waals surface area contributed by atoms with Crippen LogP contribution in [0.15, 0.2) is 30.6 Å². The number of carbonyl (C=O) groups excluding carboxylic acids is 1. The van der Waals surface area contributed by atoms with Crippen molar-refractivity contribution in [3.63, 3.8) is 0 Å². The summed E-state index contributed by atoms with van der Waals surface area (Å²) in [6.07, 6.45) is 5.98. The zero-order chi connectivity index (χ0) is 18.3. The second kappa shape index (κ2) is 6.71. The van der Waals surface area contributed by atoms with Gasteiger partial charge in [0.15, 0.2) is 0 Å². The number of anilines is 2. The molecule has 0 radical (unpaired) electrons. The van der Waals surface area contributed by atoms with Crippen LogP contribution in [0.25, 0.3) is 0 Å². The van der Waals surface area contributed by atoms with Crippen LogP contribution in [0, 0.1) is 12.3 Å². The Bertz CT molecular complexity index is 859. The number of pyridine rings is 2. The highest BCUT2D eigenvalue weighted by atomic mass is 35.5. The molecular formula is C19H20Cl2N4O. The first-order chi connectivity index (χ1) is 12.5. The van der Waals surface area contributed by atoms with E-state index in [1.54, 1.807) is 18.5 Å². The van der Waals surface area contributed by atoms with Gasteiger partial charge in [-0.15, -0.1) is 0 Å². The summed E-state index contributed by atoms with van der Waals surface area (Å²) in [5, 5.41) is 1.04. The lowest BCUT2D eigenvalue weighted by Crippen LogP contribution is -2.48. The van der Waals surface area contributed by atoms with Crippen molar-refractivity contribution in [3.05, 3.63) is 46.2 Å². The lowest BCUT2D eigenvalue weighted by Gasteiger charge is -2.39. The molecule has 5 nitrogen and oxygen atoms in total. The molecule has 0 bridgehead atoms. The minimum Gasteiger partial charge on any atom is -0.354 e. The lowest BCUT2D eigenvalue weighted by atomic mass is 9.78. The highest BCUT2D eigenvalue weighted by Gasteiger charge is 2.50. The number of carbonyl (C=O) groups is 1. The quantitative estimate of drug-likeness (QED) is 0.773. The van der Waals surface area contributed by atoms with Gasteiger partial charge >= 0.3 is 0 Å². The van der Waals surface area contributed by atoms with Crippen molar-refractivity contribution in [1.82, 2.24) is 9.97 Å². The minimum absolute atomic E-state index is 0.161. The number of hydrogen-bond acceptors (Lipinski definition) is 4. The molecule has 2 aliphatic rings. The van der Waals surface area contributed by atoms with Crippen molar-refractivity contribution in [2.75, 3.05) is 29.4 Å². The number of rotatable bonds is 2. The standard InChI is InChI=1S/C19H20Cl2N4O/c1-13-4-2-7-22-16(13)25-9-6-19(18(25)26)5-3-8-24(12-19)17-15(21)10-14(20)11-23-17/h2,4,7,10-11H,3,5-6,8-9,12H2,1H3/t19-/m1/s1. The molecule has 26 heavy (non-hydrogen) atoms. The average Bonchev–Trinajstić information content (AvgIpc) is 2.92. The molecule has 4 rings (SSSR count). The van der Waals surface area contributed by atoms with Crippen LogP contribution in [-0.2, 0) is 4.79 Å². The number of aryl methyl sites for hydroxylation is 1. The van der Waals surface area contributed by atoms with Crippen molar-refractivity contribution in [2.24, 2.45) is 5.41 Å². The fourth-order valence-electron chi connectivity index (χ4n) is 4.11. The smallest absolute Gasteiger partial charge is 0.236 e. The van der Waals surface area contributed by atoms with Gasteiger partial charge < -0.3 is 4.90 Å². The Balaban J connectivity index is 1.61. The third kappa shape index (κ3) is 2.93. The zero-order valence-electron chi connectivity index (χ0n) is 14.6. The van der Waals surface area contributed by atoms with Crippen LogP contribution >= 0.6 is 23.2 Å². The molecule has 2 aliphatic heterocycles. The fourth-order valence-corrected chi connectivity index (χ4v) is 4.61. The van der Waals surface area contributed by atoms with E-state index >= 15 is 0 Å². The molecule has 0 N–H and O–H groups in total. The van der Waals surface area contributed by atoms with Crippen molar-refractivity contribution < 1.29 is 4.79 Å². The van der Waals surface area contributed by atoms with Gasteiger partial charge in [-0.2, -0.15) is 0 Å². The number of nitrogens with zero attached hydrogens (tertiary/aromatic N) is 4. The van der Waals surface area contributed by atoms with Gasteiger partial charge in [0.1, 0.15) is 11.6 Å². The summed E-state index contributed by atoms with van der Waals surface area (Å²) in [5.41, 5.74) is 0.625. The maximum atomic E-state index is 13.3. The van der Waals surface area contributed by atoms with Gasteiger partial charge in [0.2, 0.25) is 5.91 Å². The Labute approximate surface area is 162 Å². The zero-order valence-corrected chi connectivity index (χ0v) is 16.1. The molecule has 4 heterocycles. The van der Waals surface area contributed by atoms with E-state index < -0.39 is 5.41 Å². The van der Waals surface area contributed by atoms with E-state index in [4.69, 9.17) is 23.2 Å². The molecule has 136 valence electrons. The van der Waals surface area contributed by atoms with E-state index in [9.17, 15) is 4.79 Å². The van der Waals surface area contributed by atoms with E-state index in [1.165, 1.54) is 0 Å². The minimum atomic E-state index is -0.396. The monoisotopic (exact) mass is 390 g/mol. The summed E-state index contributed by atoms with van der Waals surface area (Å²) in [6.45, 7) is 4.16. The van der Waals surface area contributed by atoms with E-state index in [-0.39, 0.29) is 5.91 Å². The van der Waals surface area contributed by atoms with Gasteiger partial charge in [0.05, 0.1) is 15.5 Å². The average molecular weight is 391 g/mol. The van der Waals surface area contributed by atoms with E-state index in [0.29, 0.717) is 29.0 Å². The first kappa shape index (κ1) is 17.6. The van der Waals surface area contributed by atoms with Crippen LogP contribution in [0.4, 0.5) is 11.6 Å². The van der Waals surface area contributed by atoms with Crippen molar-refractivity contribution >= 4 is 40.7 Å². The molecule has 2 aromatic rings. The SMILES string of the molecule is Cc1cccnc1N1CC[C@@]2(CCCN(c3ncc(Cl)cc3Cl)C2)C1=O. The highest BCUT2D eigenvalue weighted by molar-refractivity contribution is 6.36. The molecule has 0 aliphatic carbocycles. The van der Waals surface area contributed by atoms with Gasteiger partial charge in [0.25, 0.3) is 0 Å².